The molecule has 0 aromatic heterocycles. The van der Waals surface area contributed by atoms with E-state index in [-0.39, 0.29) is 12.1 Å². The van der Waals surface area contributed by atoms with Crippen molar-refractivity contribution in [1.29, 1.82) is 0 Å². The largest absolute Gasteiger partial charge is 0.483 e. The van der Waals surface area contributed by atoms with Crippen LogP contribution in [0.25, 0.3) is 0 Å². The summed E-state index contributed by atoms with van der Waals surface area (Å²) in [5.74, 6) is 1.73. The van der Waals surface area contributed by atoms with Crippen LogP contribution in [-0.4, -0.2) is 44.0 Å². The first-order valence-corrected chi connectivity index (χ1v) is 6.65. The van der Waals surface area contributed by atoms with Gasteiger partial charge in [0.05, 0.1) is 14.2 Å². The molecule has 0 amide bonds. The third kappa shape index (κ3) is 3.73. The highest BCUT2D eigenvalue weighted by molar-refractivity contribution is 6.19. The summed E-state index contributed by atoms with van der Waals surface area (Å²) in [6, 6.07) is -0.195. The standard InChI is InChI=1S/C13H21ClN2O2/c1-5-6-10-12(17-3)16-11(7-9(2)8-14)13(15-10)18-4/h10-11H,2,5-8H2,1,3-4H3/t10-,11+/m0/s1. The first-order chi connectivity index (χ1) is 8.65. The maximum absolute atomic E-state index is 5.75. The lowest BCUT2D eigenvalue weighted by molar-refractivity contribution is 0.343. The third-order valence-electron chi connectivity index (χ3n) is 2.79. The van der Waals surface area contributed by atoms with Crippen LogP contribution in [0, 0.1) is 0 Å². The normalized spacial score (nSPS) is 23.1. The Bertz CT molecular complexity index is 353. The van der Waals surface area contributed by atoms with Crippen molar-refractivity contribution in [3.63, 3.8) is 0 Å². The summed E-state index contributed by atoms with van der Waals surface area (Å²) in [6.07, 6.45) is 2.57. The zero-order valence-electron chi connectivity index (χ0n) is 11.3. The highest BCUT2D eigenvalue weighted by Crippen LogP contribution is 2.19. The fraction of sp³-hybridized carbons (Fsp3) is 0.692. The summed E-state index contributed by atoms with van der Waals surface area (Å²) in [5, 5.41) is 0. The van der Waals surface area contributed by atoms with Crippen LogP contribution in [0.15, 0.2) is 22.1 Å². The lowest BCUT2D eigenvalue weighted by Crippen LogP contribution is -2.35. The summed E-state index contributed by atoms with van der Waals surface area (Å²) in [7, 11) is 3.24. The van der Waals surface area contributed by atoms with Gasteiger partial charge in [0.1, 0.15) is 12.1 Å². The number of aliphatic imine (C=N–C) groups is 2. The van der Waals surface area contributed by atoms with Crippen molar-refractivity contribution >= 4 is 23.4 Å². The predicted molar refractivity (Wildman–Crippen MR) is 75.8 cm³/mol. The van der Waals surface area contributed by atoms with Crippen LogP contribution in [0.4, 0.5) is 0 Å². The molecular weight excluding hydrogens is 252 g/mol. The van der Waals surface area contributed by atoms with Crippen LogP contribution in [0.2, 0.25) is 0 Å². The number of methoxy groups -OCH3 is 2. The van der Waals surface area contributed by atoms with Gasteiger partial charge in [-0.1, -0.05) is 25.5 Å². The molecule has 1 heterocycles. The molecular formula is C13H21ClN2O2. The van der Waals surface area contributed by atoms with E-state index in [1.165, 1.54) is 0 Å². The van der Waals surface area contributed by atoms with E-state index in [1.54, 1.807) is 14.2 Å². The molecule has 1 rings (SSSR count). The van der Waals surface area contributed by atoms with Gasteiger partial charge in [0.2, 0.25) is 11.8 Å². The van der Waals surface area contributed by atoms with Crippen LogP contribution >= 0.6 is 11.6 Å². The van der Waals surface area contributed by atoms with E-state index in [0.717, 1.165) is 18.4 Å². The lowest BCUT2D eigenvalue weighted by atomic mass is 10.1. The Morgan fingerprint density at radius 3 is 2.28 bits per heavy atom. The average molecular weight is 273 g/mol. The Morgan fingerprint density at radius 1 is 1.22 bits per heavy atom. The fourth-order valence-corrected chi connectivity index (χ4v) is 2.00. The zero-order valence-corrected chi connectivity index (χ0v) is 12.0. The van der Waals surface area contributed by atoms with E-state index in [0.29, 0.717) is 24.1 Å². The number of hydrogen-bond donors (Lipinski definition) is 0. The van der Waals surface area contributed by atoms with Crippen molar-refractivity contribution in [3.8, 4) is 0 Å². The van der Waals surface area contributed by atoms with Crippen LogP contribution in [0.1, 0.15) is 26.2 Å². The molecule has 0 spiro atoms. The van der Waals surface area contributed by atoms with E-state index in [4.69, 9.17) is 21.1 Å². The van der Waals surface area contributed by atoms with Crippen molar-refractivity contribution in [1.82, 2.24) is 0 Å². The first kappa shape index (κ1) is 15.0. The Kier molecular flexibility index (Phi) is 6.19. The van der Waals surface area contributed by atoms with Gasteiger partial charge in [-0.15, -0.1) is 11.6 Å². The van der Waals surface area contributed by atoms with Gasteiger partial charge in [0.15, 0.2) is 0 Å². The Labute approximate surface area is 114 Å². The molecule has 18 heavy (non-hydrogen) atoms. The Hall–Kier alpha value is -1.03. The molecule has 0 aromatic carbocycles. The molecule has 0 unspecified atom stereocenters. The van der Waals surface area contributed by atoms with Crippen LogP contribution < -0.4 is 0 Å². The monoisotopic (exact) mass is 272 g/mol. The molecule has 2 atom stereocenters. The zero-order chi connectivity index (χ0) is 13.5. The van der Waals surface area contributed by atoms with Gasteiger partial charge in [-0.05, 0) is 6.42 Å². The van der Waals surface area contributed by atoms with E-state index in [9.17, 15) is 0 Å². The van der Waals surface area contributed by atoms with E-state index in [1.807, 2.05) is 0 Å². The highest BCUT2D eigenvalue weighted by atomic mass is 35.5. The second-order valence-electron chi connectivity index (χ2n) is 4.25. The Balaban J connectivity index is 2.87. The summed E-state index contributed by atoms with van der Waals surface area (Å²) in [4.78, 5) is 9.13. The number of rotatable bonds is 5. The number of ether oxygens (including phenoxy) is 2. The SMILES string of the molecule is C=C(CCl)C[C@H]1N=C(OC)[C@H](CCC)N=C1OC. The second kappa shape index (κ2) is 7.41. The summed E-state index contributed by atoms with van der Waals surface area (Å²) >= 11 is 5.75. The number of nitrogens with zero attached hydrogens (tertiary/aromatic N) is 2. The van der Waals surface area contributed by atoms with Gasteiger partial charge >= 0.3 is 0 Å². The average Bonchev–Trinajstić information content (AvgIpc) is 2.39. The van der Waals surface area contributed by atoms with Gasteiger partial charge in [-0.3, -0.25) is 0 Å². The van der Waals surface area contributed by atoms with Crippen molar-refractivity contribution in [2.24, 2.45) is 9.98 Å². The summed E-state index contributed by atoms with van der Waals surface area (Å²) < 4.78 is 10.6. The minimum Gasteiger partial charge on any atom is -0.483 e. The molecule has 0 N–H and O–H groups in total. The molecule has 1 aliphatic heterocycles. The van der Waals surface area contributed by atoms with Gasteiger partial charge < -0.3 is 9.47 Å². The van der Waals surface area contributed by atoms with Gasteiger partial charge in [-0.25, -0.2) is 9.98 Å². The van der Waals surface area contributed by atoms with Gasteiger partial charge in [0, 0.05) is 12.3 Å². The van der Waals surface area contributed by atoms with Crippen LogP contribution in [0.5, 0.6) is 0 Å². The molecule has 0 radical (unpaired) electrons. The van der Waals surface area contributed by atoms with Crippen molar-refractivity contribution in [2.45, 2.75) is 38.3 Å². The van der Waals surface area contributed by atoms with Crippen LogP contribution in [0.3, 0.4) is 0 Å². The molecule has 102 valence electrons. The molecule has 0 saturated carbocycles. The maximum Gasteiger partial charge on any atom is 0.209 e. The van der Waals surface area contributed by atoms with Gasteiger partial charge in [-0.2, -0.15) is 0 Å². The van der Waals surface area contributed by atoms with E-state index in [2.05, 4.69) is 23.5 Å². The lowest BCUT2D eigenvalue weighted by Gasteiger charge is -2.25. The minimum absolute atomic E-state index is 0.0320. The van der Waals surface area contributed by atoms with Crippen molar-refractivity contribution < 1.29 is 9.47 Å². The molecule has 4 nitrogen and oxygen atoms in total. The number of alkyl halides is 1. The fourth-order valence-electron chi connectivity index (χ4n) is 1.89. The first-order valence-electron chi connectivity index (χ1n) is 6.12. The minimum atomic E-state index is -0.163. The molecule has 1 aliphatic rings. The predicted octanol–water partition coefficient (Wildman–Crippen LogP) is 2.81. The van der Waals surface area contributed by atoms with Crippen molar-refractivity contribution in [3.05, 3.63) is 12.2 Å². The van der Waals surface area contributed by atoms with Crippen LogP contribution in [-0.2, 0) is 9.47 Å². The molecule has 5 heteroatoms. The van der Waals surface area contributed by atoms with E-state index >= 15 is 0 Å². The van der Waals surface area contributed by atoms with Gasteiger partial charge in [0.25, 0.3) is 0 Å². The molecule has 0 bridgehead atoms. The summed E-state index contributed by atoms with van der Waals surface area (Å²) in [5.41, 5.74) is 0.916. The highest BCUT2D eigenvalue weighted by Gasteiger charge is 2.28. The number of hydrogen-bond acceptors (Lipinski definition) is 4. The second-order valence-corrected chi connectivity index (χ2v) is 4.52. The molecule has 0 fully saturated rings. The van der Waals surface area contributed by atoms with Crippen molar-refractivity contribution in [2.75, 3.05) is 20.1 Å². The number of halogens is 1. The Morgan fingerprint density at radius 2 is 1.78 bits per heavy atom. The molecule has 0 aliphatic carbocycles. The smallest absolute Gasteiger partial charge is 0.209 e. The molecule has 0 saturated heterocycles. The maximum atomic E-state index is 5.75. The third-order valence-corrected chi connectivity index (χ3v) is 3.17. The molecule has 0 aromatic rings. The summed E-state index contributed by atoms with van der Waals surface area (Å²) in [6.45, 7) is 6.00. The quantitative estimate of drug-likeness (QED) is 0.571. The topological polar surface area (TPSA) is 43.2 Å². The van der Waals surface area contributed by atoms with E-state index < -0.39 is 0 Å².